The second-order valence-corrected chi connectivity index (χ2v) is 4.45. The summed E-state index contributed by atoms with van der Waals surface area (Å²) >= 11 is 0. The van der Waals surface area contributed by atoms with Crippen molar-refractivity contribution in [2.45, 2.75) is 0 Å². The predicted molar refractivity (Wildman–Crippen MR) is 53.2 cm³/mol. The number of hydrogen-bond donors (Lipinski definition) is 1. The zero-order chi connectivity index (χ0) is 13.2. The molecule has 0 atom stereocenters. The molecule has 1 aromatic rings. The van der Waals surface area contributed by atoms with Crippen molar-refractivity contribution in [2.75, 3.05) is 0 Å². The maximum Gasteiger partial charge on any atom is 0.142 e. The van der Waals surface area contributed by atoms with Gasteiger partial charge in [-0.05, 0) is 12.1 Å². The van der Waals surface area contributed by atoms with Crippen molar-refractivity contribution in [2.24, 2.45) is 0 Å². The van der Waals surface area contributed by atoms with Crippen LogP contribution in [-0.4, -0.2) is 0 Å². The zero-order valence-electron chi connectivity index (χ0n) is 9.21. The van der Waals surface area contributed by atoms with Crippen molar-refractivity contribution < 1.29 is 34.2 Å². The molecule has 2 aliphatic rings. The molecule has 1 heterocycles. The molecule has 3 rings (SSSR count). The standard InChI is InChI=1S/C12H9N.ClHO4/c1-2-7-12-11(5-1)10-6-3-4-9(10)8-13-12;2-1(3,4)5/h1-8,13H;(H,2,3,4,5). The first kappa shape index (κ1) is 13.0. The van der Waals surface area contributed by atoms with Crippen molar-refractivity contribution in [3.63, 3.8) is 0 Å². The fourth-order valence-electron chi connectivity index (χ4n) is 1.89. The van der Waals surface area contributed by atoms with E-state index in [1.165, 1.54) is 22.4 Å². The summed E-state index contributed by atoms with van der Waals surface area (Å²) in [7, 11) is -4.94. The van der Waals surface area contributed by atoms with Gasteiger partial charge in [0.05, 0.1) is 0 Å². The van der Waals surface area contributed by atoms with Crippen LogP contribution in [0.15, 0.2) is 54.3 Å². The van der Waals surface area contributed by atoms with Gasteiger partial charge in [0.25, 0.3) is 0 Å². The number of halogens is 1. The fourth-order valence-corrected chi connectivity index (χ4v) is 1.89. The number of quaternary nitrogens is 1. The molecule has 1 aromatic carbocycles. The Labute approximate surface area is 106 Å². The van der Waals surface area contributed by atoms with Gasteiger partial charge in [-0.15, -0.1) is 10.2 Å². The minimum absolute atomic E-state index is 1.32. The van der Waals surface area contributed by atoms with Crippen LogP contribution in [-0.2, 0) is 0 Å². The third-order valence-electron chi connectivity index (χ3n) is 2.54. The van der Waals surface area contributed by atoms with E-state index in [9.17, 15) is 0 Å². The first-order valence-electron chi connectivity index (χ1n) is 5.10. The highest BCUT2D eigenvalue weighted by molar-refractivity contribution is 5.89. The van der Waals surface area contributed by atoms with Crippen LogP contribution in [0.3, 0.4) is 0 Å². The van der Waals surface area contributed by atoms with Gasteiger partial charge >= 0.3 is 0 Å². The molecule has 0 spiro atoms. The van der Waals surface area contributed by atoms with Crippen LogP contribution in [0.1, 0.15) is 5.56 Å². The molecule has 0 fully saturated rings. The summed E-state index contributed by atoms with van der Waals surface area (Å²) in [5, 5.41) is 2.18. The largest absolute Gasteiger partial charge is 0.287 e. The normalized spacial score (nSPS) is 16.0. The third kappa shape index (κ3) is 3.27. The molecule has 1 aliphatic heterocycles. The van der Waals surface area contributed by atoms with Gasteiger partial charge in [0.15, 0.2) is 0 Å². The molecule has 0 saturated heterocycles. The Hall–Kier alpha value is -1.47. The number of fused-ring (bicyclic) bond motifs is 3. The number of hydrogen-bond acceptors (Lipinski definition) is 4. The van der Waals surface area contributed by atoms with E-state index >= 15 is 0 Å². The van der Waals surface area contributed by atoms with Crippen molar-refractivity contribution in [1.82, 2.24) is 0 Å². The van der Waals surface area contributed by atoms with Crippen molar-refractivity contribution >= 4 is 11.3 Å². The highest BCUT2D eigenvalue weighted by Crippen LogP contribution is 2.32. The molecule has 5 nitrogen and oxygen atoms in total. The molecule has 0 saturated carbocycles. The van der Waals surface area contributed by atoms with Crippen LogP contribution in [0, 0.1) is 10.2 Å². The van der Waals surface area contributed by atoms with Gasteiger partial charge in [-0.1, -0.05) is 24.3 Å². The molecule has 0 bridgehead atoms. The van der Waals surface area contributed by atoms with Gasteiger partial charge in [0.1, 0.15) is 11.9 Å². The lowest BCUT2D eigenvalue weighted by molar-refractivity contribution is -2.00. The van der Waals surface area contributed by atoms with Gasteiger partial charge in [-0.25, -0.2) is 18.6 Å². The molecule has 0 aromatic heterocycles. The van der Waals surface area contributed by atoms with E-state index < -0.39 is 10.2 Å². The van der Waals surface area contributed by atoms with E-state index in [1.54, 1.807) is 0 Å². The van der Waals surface area contributed by atoms with E-state index in [4.69, 9.17) is 18.6 Å². The molecule has 18 heavy (non-hydrogen) atoms. The molecule has 0 radical (unpaired) electrons. The minimum atomic E-state index is -4.94. The van der Waals surface area contributed by atoms with Gasteiger partial charge < -0.3 is 0 Å². The molecule has 1 aliphatic carbocycles. The van der Waals surface area contributed by atoms with Crippen LogP contribution >= 0.6 is 0 Å². The maximum absolute atomic E-state index is 8.49. The summed E-state index contributed by atoms with van der Waals surface area (Å²) < 4.78 is 34.0. The Bertz CT molecular complexity index is 537. The first-order chi connectivity index (χ1) is 8.45. The molecular formula is C12H10ClNO4. The van der Waals surface area contributed by atoms with E-state index in [-0.39, 0.29) is 0 Å². The number of allylic oxidation sites excluding steroid dienone is 5. The summed E-state index contributed by atoms with van der Waals surface area (Å²) in [4.78, 5) is 0. The maximum atomic E-state index is 8.49. The van der Waals surface area contributed by atoms with Crippen LogP contribution in [0.4, 0.5) is 5.69 Å². The third-order valence-corrected chi connectivity index (χ3v) is 2.54. The second-order valence-electron chi connectivity index (χ2n) is 3.69. The van der Waals surface area contributed by atoms with Crippen LogP contribution in [0.2, 0.25) is 0 Å². The highest BCUT2D eigenvalue weighted by Gasteiger charge is 2.19. The quantitative estimate of drug-likeness (QED) is 0.505. The SMILES string of the molecule is C1=CC2=C[NH2+]c3ccccc3C2=C1.[O-][Cl+3]([O-])([O-])[O-]. The summed E-state index contributed by atoms with van der Waals surface area (Å²) in [6.45, 7) is 0. The smallest absolute Gasteiger partial charge is 0.142 e. The molecule has 6 heteroatoms. The number of nitrogens with two attached hydrogens (primary N) is 1. The molecular weight excluding hydrogens is 258 g/mol. The number of para-hydroxylation sites is 1. The highest BCUT2D eigenvalue weighted by atomic mass is 35.7. The average molecular weight is 268 g/mol. The van der Waals surface area contributed by atoms with Crippen molar-refractivity contribution in [1.29, 1.82) is 0 Å². The van der Waals surface area contributed by atoms with Gasteiger partial charge in [0.2, 0.25) is 0 Å². The molecule has 0 unspecified atom stereocenters. The Morgan fingerprint density at radius 1 is 1.00 bits per heavy atom. The summed E-state index contributed by atoms with van der Waals surface area (Å²) in [6.07, 6.45) is 8.62. The van der Waals surface area contributed by atoms with Gasteiger partial charge in [0, 0.05) is 22.8 Å². The van der Waals surface area contributed by atoms with Crippen molar-refractivity contribution in [3.8, 4) is 0 Å². The topological polar surface area (TPSA) is 109 Å². The average Bonchev–Trinajstić information content (AvgIpc) is 2.75. The van der Waals surface area contributed by atoms with Gasteiger partial charge in [-0.2, -0.15) is 0 Å². The first-order valence-corrected chi connectivity index (χ1v) is 6.33. The van der Waals surface area contributed by atoms with Crippen LogP contribution in [0.5, 0.6) is 0 Å². The summed E-state index contributed by atoms with van der Waals surface area (Å²) in [5.41, 5.74) is 5.36. The lowest BCUT2D eigenvalue weighted by atomic mass is 9.97. The Morgan fingerprint density at radius 3 is 2.39 bits per heavy atom. The van der Waals surface area contributed by atoms with E-state index in [2.05, 4.69) is 54.0 Å². The van der Waals surface area contributed by atoms with Crippen LogP contribution < -0.4 is 24.0 Å². The van der Waals surface area contributed by atoms with Crippen LogP contribution in [0.25, 0.3) is 5.57 Å². The minimum Gasteiger partial charge on any atom is -0.287 e. The lowest BCUT2D eigenvalue weighted by Crippen LogP contribution is -2.72. The number of rotatable bonds is 0. The fraction of sp³-hybridized carbons (Fsp3) is 0. The molecule has 0 amide bonds. The summed E-state index contributed by atoms with van der Waals surface area (Å²) in [6, 6.07) is 8.51. The zero-order valence-corrected chi connectivity index (χ0v) is 9.96. The van der Waals surface area contributed by atoms with E-state index in [0.717, 1.165) is 0 Å². The van der Waals surface area contributed by atoms with Crippen molar-refractivity contribution in [3.05, 3.63) is 59.8 Å². The van der Waals surface area contributed by atoms with E-state index in [0.29, 0.717) is 0 Å². The number of benzene rings is 1. The molecule has 94 valence electrons. The van der Waals surface area contributed by atoms with Gasteiger partial charge in [-0.3, -0.25) is 5.32 Å². The predicted octanol–water partition coefficient (Wildman–Crippen LogP) is -3.02. The Balaban J connectivity index is 0.000000209. The Morgan fingerprint density at radius 2 is 1.67 bits per heavy atom. The Kier molecular flexibility index (Phi) is 3.63. The van der Waals surface area contributed by atoms with E-state index in [1.807, 2.05) is 0 Å². The monoisotopic (exact) mass is 267 g/mol. The lowest BCUT2D eigenvalue weighted by Gasteiger charge is -2.17. The summed E-state index contributed by atoms with van der Waals surface area (Å²) in [5.74, 6) is 0. The second kappa shape index (κ2) is 5.03. The molecule has 2 N–H and O–H groups in total.